The van der Waals surface area contributed by atoms with Crippen LogP contribution in [-0.2, 0) is 0 Å². The quantitative estimate of drug-likeness (QED) is 0.583. The van der Waals surface area contributed by atoms with Crippen LogP contribution < -0.4 is 4.74 Å². The van der Waals surface area contributed by atoms with E-state index < -0.39 is 23.3 Å². The largest absolute Gasteiger partial charge is 0.496 e. The maximum Gasteiger partial charge on any atom is 0.455 e. The molecule has 0 N–H and O–H groups in total. The number of ether oxygens (including phenoxy) is 1. The van der Waals surface area contributed by atoms with Crippen LogP contribution in [0.25, 0.3) is 0 Å². The van der Waals surface area contributed by atoms with Gasteiger partial charge in [0.1, 0.15) is 17.1 Å². The van der Waals surface area contributed by atoms with Crippen molar-refractivity contribution in [1.82, 2.24) is 0 Å². The molecule has 1 aromatic carbocycles. The lowest BCUT2D eigenvalue weighted by atomic mass is 10.0. The second-order valence-electron chi connectivity index (χ2n) is 3.10. The Morgan fingerprint density at radius 2 is 1.88 bits per heavy atom. The minimum atomic E-state index is -5.12. The van der Waals surface area contributed by atoms with E-state index in [1.165, 1.54) is 13.0 Å². The number of ketones is 1. The van der Waals surface area contributed by atoms with Crippen molar-refractivity contribution in [2.45, 2.75) is 13.1 Å². The van der Waals surface area contributed by atoms with E-state index >= 15 is 0 Å². The van der Waals surface area contributed by atoms with Crippen LogP contribution >= 0.6 is 0 Å². The molecule has 0 heterocycles. The van der Waals surface area contributed by atoms with Crippen molar-refractivity contribution < 1.29 is 27.1 Å². The summed E-state index contributed by atoms with van der Waals surface area (Å²) in [5.41, 5.74) is -0.813. The summed E-state index contributed by atoms with van der Waals surface area (Å²) in [5, 5.41) is 0. The summed E-state index contributed by atoms with van der Waals surface area (Å²) in [6.07, 6.45) is -5.12. The van der Waals surface area contributed by atoms with E-state index in [1.54, 1.807) is 0 Å². The number of carbonyl (C=O) groups is 1. The second-order valence-corrected chi connectivity index (χ2v) is 3.10. The number of Topliss-reactive ketones (excluding diaryl/α,β-unsaturated/α-hetero) is 1. The zero-order chi connectivity index (χ0) is 12.5. The first-order valence-electron chi connectivity index (χ1n) is 4.23. The number of alkyl halides is 3. The molecule has 0 atom stereocenters. The topological polar surface area (TPSA) is 26.3 Å². The van der Waals surface area contributed by atoms with Gasteiger partial charge in [-0.25, -0.2) is 4.39 Å². The highest BCUT2D eigenvalue weighted by Crippen LogP contribution is 2.31. The Morgan fingerprint density at radius 1 is 1.31 bits per heavy atom. The van der Waals surface area contributed by atoms with Gasteiger partial charge in [0, 0.05) is 0 Å². The van der Waals surface area contributed by atoms with E-state index in [-0.39, 0.29) is 11.3 Å². The monoisotopic (exact) mass is 236 g/mol. The highest BCUT2D eigenvalue weighted by Gasteiger charge is 2.42. The fourth-order valence-electron chi connectivity index (χ4n) is 1.28. The molecule has 88 valence electrons. The van der Waals surface area contributed by atoms with Crippen LogP contribution in [0.5, 0.6) is 5.75 Å². The van der Waals surface area contributed by atoms with Crippen LogP contribution in [0.15, 0.2) is 12.1 Å². The molecule has 0 radical (unpaired) electrons. The van der Waals surface area contributed by atoms with Gasteiger partial charge in [-0.05, 0) is 18.6 Å². The normalized spacial score (nSPS) is 11.4. The van der Waals surface area contributed by atoms with Crippen molar-refractivity contribution in [2.24, 2.45) is 0 Å². The summed E-state index contributed by atoms with van der Waals surface area (Å²) in [7, 11) is 1.08. The second kappa shape index (κ2) is 4.11. The molecule has 0 aliphatic heterocycles. The number of halogens is 4. The predicted octanol–water partition coefficient (Wildman–Crippen LogP) is 2.89. The highest BCUT2D eigenvalue weighted by atomic mass is 19.4. The van der Waals surface area contributed by atoms with Crippen molar-refractivity contribution in [1.29, 1.82) is 0 Å². The van der Waals surface area contributed by atoms with Crippen LogP contribution in [-0.4, -0.2) is 19.1 Å². The molecular weight excluding hydrogens is 228 g/mol. The molecule has 0 bridgehead atoms. The van der Waals surface area contributed by atoms with Crippen LogP contribution in [0.3, 0.4) is 0 Å². The zero-order valence-electron chi connectivity index (χ0n) is 8.48. The van der Waals surface area contributed by atoms with Crippen LogP contribution in [0, 0.1) is 12.7 Å². The maximum absolute atomic E-state index is 13.2. The molecule has 0 aliphatic carbocycles. The predicted molar refractivity (Wildman–Crippen MR) is 48.1 cm³/mol. The van der Waals surface area contributed by atoms with Gasteiger partial charge in [0.15, 0.2) is 0 Å². The smallest absolute Gasteiger partial charge is 0.455 e. The number of benzene rings is 1. The summed E-state index contributed by atoms with van der Waals surface area (Å²) in [6, 6.07) is 2.04. The zero-order valence-corrected chi connectivity index (χ0v) is 8.48. The third-order valence-corrected chi connectivity index (χ3v) is 1.99. The van der Waals surface area contributed by atoms with Crippen molar-refractivity contribution in [3.05, 3.63) is 29.1 Å². The minimum Gasteiger partial charge on any atom is -0.496 e. The number of hydrogen-bond acceptors (Lipinski definition) is 2. The van der Waals surface area contributed by atoms with Gasteiger partial charge in [0.25, 0.3) is 5.78 Å². The lowest BCUT2D eigenvalue weighted by Gasteiger charge is -2.12. The van der Waals surface area contributed by atoms with Gasteiger partial charge in [-0.1, -0.05) is 6.07 Å². The molecule has 0 aliphatic rings. The van der Waals surface area contributed by atoms with Gasteiger partial charge in [-0.15, -0.1) is 0 Å². The molecule has 0 amide bonds. The van der Waals surface area contributed by atoms with Crippen molar-refractivity contribution >= 4 is 5.78 Å². The maximum atomic E-state index is 13.2. The number of rotatable bonds is 2. The van der Waals surface area contributed by atoms with Crippen LogP contribution in [0.2, 0.25) is 0 Å². The van der Waals surface area contributed by atoms with E-state index in [0.29, 0.717) is 0 Å². The Morgan fingerprint density at radius 3 is 2.31 bits per heavy atom. The number of carbonyl (C=O) groups excluding carboxylic acids is 1. The van der Waals surface area contributed by atoms with E-state index in [4.69, 9.17) is 0 Å². The molecule has 0 saturated carbocycles. The summed E-state index contributed by atoms with van der Waals surface area (Å²) >= 11 is 0. The first-order valence-corrected chi connectivity index (χ1v) is 4.23. The van der Waals surface area contributed by atoms with Gasteiger partial charge < -0.3 is 4.74 Å². The lowest BCUT2D eigenvalue weighted by Crippen LogP contribution is -2.24. The molecule has 0 saturated heterocycles. The van der Waals surface area contributed by atoms with Gasteiger partial charge in [0.05, 0.1) is 7.11 Å². The van der Waals surface area contributed by atoms with Crippen molar-refractivity contribution in [2.75, 3.05) is 7.11 Å². The van der Waals surface area contributed by atoms with E-state index in [9.17, 15) is 22.4 Å². The third kappa shape index (κ3) is 2.15. The van der Waals surface area contributed by atoms with E-state index in [1.807, 2.05) is 0 Å². The Hall–Kier alpha value is -1.59. The molecule has 16 heavy (non-hydrogen) atoms. The van der Waals surface area contributed by atoms with Gasteiger partial charge >= 0.3 is 6.18 Å². The molecule has 1 rings (SSSR count). The van der Waals surface area contributed by atoms with Crippen LogP contribution in [0.1, 0.15) is 15.9 Å². The Labute approximate surface area is 88.8 Å². The lowest BCUT2D eigenvalue weighted by molar-refractivity contribution is -0.0889. The van der Waals surface area contributed by atoms with Gasteiger partial charge in [0.2, 0.25) is 0 Å². The minimum absolute atomic E-state index is 0.261. The Kier molecular flexibility index (Phi) is 3.21. The number of hydrogen-bond donors (Lipinski definition) is 0. The summed E-state index contributed by atoms with van der Waals surface area (Å²) in [6.45, 7) is 1.42. The number of methoxy groups -OCH3 is 1. The summed E-state index contributed by atoms with van der Waals surface area (Å²) in [4.78, 5) is 11.0. The average Bonchev–Trinajstić information content (AvgIpc) is 2.18. The molecular formula is C10H8F4O2. The fourth-order valence-corrected chi connectivity index (χ4v) is 1.28. The molecule has 2 nitrogen and oxygen atoms in total. The molecule has 0 aromatic heterocycles. The third-order valence-electron chi connectivity index (χ3n) is 1.99. The van der Waals surface area contributed by atoms with E-state index in [0.717, 1.165) is 13.2 Å². The summed E-state index contributed by atoms with van der Waals surface area (Å²) < 4.78 is 54.4. The Balaban J connectivity index is 3.43. The SMILES string of the molecule is COc1c(C)ccc(F)c1C(=O)C(F)(F)F. The van der Waals surface area contributed by atoms with Crippen molar-refractivity contribution in [3.63, 3.8) is 0 Å². The first kappa shape index (κ1) is 12.5. The van der Waals surface area contributed by atoms with Gasteiger partial charge in [-0.3, -0.25) is 4.79 Å². The molecule has 0 spiro atoms. The standard InChI is InChI=1S/C10H8F4O2/c1-5-3-4-6(11)7(8(5)16-2)9(15)10(12,13)14/h3-4H,1-2H3. The Bertz CT molecular complexity index is 424. The fraction of sp³-hybridized carbons (Fsp3) is 0.300. The van der Waals surface area contributed by atoms with Crippen molar-refractivity contribution in [3.8, 4) is 5.75 Å². The van der Waals surface area contributed by atoms with E-state index in [2.05, 4.69) is 4.74 Å². The van der Waals surface area contributed by atoms with Gasteiger partial charge in [-0.2, -0.15) is 13.2 Å². The molecule has 0 unspecified atom stereocenters. The molecule has 0 fully saturated rings. The highest BCUT2D eigenvalue weighted by molar-refractivity contribution is 6.03. The molecule has 1 aromatic rings. The number of aryl methyl sites for hydroxylation is 1. The summed E-state index contributed by atoms with van der Waals surface area (Å²) in [5.74, 6) is -3.88. The first-order chi connectivity index (χ1) is 7.29. The average molecular weight is 236 g/mol. The van der Waals surface area contributed by atoms with Crippen LogP contribution in [0.4, 0.5) is 17.6 Å². The molecule has 6 heteroatoms.